The van der Waals surface area contributed by atoms with E-state index in [9.17, 15) is 19.2 Å². The van der Waals surface area contributed by atoms with E-state index in [2.05, 4.69) is 10.6 Å². The van der Waals surface area contributed by atoms with Crippen molar-refractivity contribution in [2.75, 3.05) is 5.32 Å². The molecule has 4 N–H and O–H groups in total. The summed E-state index contributed by atoms with van der Waals surface area (Å²) in [6.45, 7) is 0.882. The summed E-state index contributed by atoms with van der Waals surface area (Å²) in [6.07, 6.45) is 0.219. The van der Waals surface area contributed by atoms with E-state index in [1.165, 1.54) is 0 Å². The summed E-state index contributed by atoms with van der Waals surface area (Å²) < 4.78 is 0. The minimum Gasteiger partial charge on any atom is -0.380 e. The van der Waals surface area contributed by atoms with Gasteiger partial charge in [-0.25, -0.2) is 0 Å². The van der Waals surface area contributed by atoms with Gasteiger partial charge in [-0.3, -0.25) is 29.4 Å². The van der Waals surface area contributed by atoms with Crippen LogP contribution in [-0.2, 0) is 22.7 Å². The average molecular weight is 392 g/mol. The average Bonchev–Trinajstić information content (AvgIpc) is 2.98. The normalized spacial score (nSPS) is 18.7. The van der Waals surface area contributed by atoms with Gasteiger partial charge in [-0.2, -0.15) is 0 Å². The van der Waals surface area contributed by atoms with Crippen molar-refractivity contribution in [3.63, 3.8) is 0 Å². The first-order valence-corrected chi connectivity index (χ1v) is 9.36. The van der Waals surface area contributed by atoms with E-state index in [0.29, 0.717) is 18.8 Å². The van der Waals surface area contributed by atoms with Crippen LogP contribution >= 0.6 is 0 Å². The van der Waals surface area contributed by atoms with Gasteiger partial charge in [0.15, 0.2) is 0 Å². The summed E-state index contributed by atoms with van der Waals surface area (Å²) >= 11 is 0. The van der Waals surface area contributed by atoms with Crippen molar-refractivity contribution in [2.45, 2.75) is 32.0 Å². The second-order valence-corrected chi connectivity index (χ2v) is 7.05. The van der Waals surface area contributed by atoms with E-state index in [-0.39, 0.29) is 24.0 Å². The molecular weight excluding hydrogens is 372 g/mol. The zero-order valence-corrected chi connectivity index (χ0v) is 15.6. The van der Waals surface area contributed by atoms with E-state index in [1.807, 2.05) is 24.3 Å². The SMILES string of the molecule is NCc1cccc(CNc2cccc3c2C(=O)N(C2CCC(=O)NC2=O)C3=O)c1. The fourth-order valence-corrected chi connectivity index (χ4v) is 3.73. The van der Waals surface area contributed by atoms with Crippen LogP contribution in [0.25, 0.3) is 0 Å². The van der Waals surface area contributed by atoms with E-state index in [0.717, 1.165) is 16.0 Å². The van der Waals surface area contributed by atoms with Gasteiger partial charge < -0.3 is 11.1 Å². The quantitative estimate of drug-likeness (QED) is 0.657. The second kappa shape index (κ2) is 7.48. The first-order valence-electron chi connectivity index (χ1n) is 9.36. The number of hydrogen-bond acceptors (Lipinski definition) is 6. The summed E-state index contributed by atoms with van der Waals surface area (Å²) in [7, 11) is 0. The number of carbonyl (C=O) groups excluding carboxylic acids is 4. The largest absolute Gasteiger partial charge is 0.380 e. The topological polar surface area (TPSA) is 122 Å². The predicted octanol–water partition coefficient (Wildman–Crippen LogP) is 1.16. The lowest BCUT2D eigenvalue weighted by Crippen LogP contribution is -2.54. The van der Waals surface area contributed by atoms with E-state index in [1.54, 1.807) is 18.2 Å². The number of anilines is 1. The molecule has 4 rings (SSSR count). The third-order valence-electron chi connectivity index (χ3n) is 5.18. The van der Waals surface area contributed by atoms with Crippen molar-refractivity contribution in [3.05, 3.63) is 64.7 Å². The molecule has 29 heavy (non-hydrogen) atoms. The van der Waals surface area contributed by atoms with Crippen molar-refractivity contribution in [2.24, 2.45) is 5.73 Å². The summed E-state index contributed by atoms with van der Waals surface area (Å²) in [5, 5.41) is 5.41. The Labute approximate surface area is 167 Å². The summed E-state index contributed by atoms with van der Waals surface area (Å²) in [5.74, 6) is -2.07. The molecule has 0 saturated carbocycles. The molecule has 8 heteroatoms. The van der Waals surface area contributed by atoms with Gasteiger partial charge in [0.1, 0.15) is 6.04 Å². The maximum atomic E-state index is 13.0. The summed E-state index contributed by atoms with van der Waals surface area (Å²) in [5.41, 5.74) is 8.69. The Bertz CT molecular complexity index is 1030. The third-order valence-corrected chi connectivity index (χ3v) is 5.18. The van der Waals surface area contributed by atoms with Crippen LogP contribution in [0.4, 0.5) is 5.69 Å². The molecule has 1 fully saturated rings. The molecule has 0 spiro atoms. The van der Waals surface area contributed by atoms with Gasteiger partial charge in [0, 0.05) is 25.2 Å². The minimum atomic E-state index is -0.978. The molecule has 0 aliphatic carbocycles. The number of rotatable bonds is 5. The van der Waals surface area contributed by atoms with Crippen LogP contribution in [0.15, 0.2) is 42.5 Å². The van der Waals surface area contributed by atoms with Gasteiger partial charge in [0.05, 0.1) is 11.1 Å². The highest BCUT2D eigenvalue weighted by Crippen LogP contribution is 2.32. The number of carbonyl (C=O) groups is 4. The molecule has 1 saturated heterocycles. The van der Waals surface area contributed by atoms with Gasteiger partial charge in [-0.1, -0.05) is 30.3 Å². The Balaban J connectivity index is 1.59. The van der Waals surface area contributed by atoms with Crippen molar-refractivity contribution in [1.82, 2.24) is 10.2 Å². The standard InChI is InChI=1S/C21H20N4O4/c22-10-12-3-1-4-13(9-12)11-23-15-6-2-5-14-18(15)21(29)25(20(14)28)16-7-8-17(26)24-19(16)27/h1-6,9,16,23H,7-8,10-11,22H2,(H,24,26,27). The number of hydrogen-bond donors (Lipinski definition) is 3. The van der Waals surface area contributed by atoms with Crippen molar-refractivity contribution in [1.29, 1.82) is 0 Å². The molecule has 1 unspecified atom stereocenters. The zero-order valence-electron chi connectivity index (χ0n) is 15.6. The van der Waals surface area contributed by atoms with Crippen LogP contribution in [0, 0.1) is 0 Å². The lowest BCUT2D eigenvalue weighted by atomic mass is 10.0. The highest BCUT2D eigenvalue weighted by molar-refractivity contribution is 6.25. The number of benzene rings is 2. The first kappa shape index (κ1) is 18.8. The van der Waals surface area contributed by atoms with Crippen molar-refractivity contribution < 1.29 is 19.2 Å². The summed E-state index contributed by atoms with van der Waals surface area (Å²) in [6, 6.07) is 11.8. The maximum absolute atomic E-state index is 13.0. The molecular formula is C21H20N4O4. The molecule has 0 bridgehead atoms. The Morgan fingerprint density at radius 1 is 1.03 bits per heavy atom. The second-order valence-electron chi connectivity index (χ2n) is 7.05. The fourth-order valence-electron chi connectivity index (χ4n) is 3.73. The van der Waals surface area contributed by atoms with Gasteiger partial charge in [-0.15, -0.1) is 0 Å². The Hall–Kier alpha value is -3.52. The highest BCUT2D eigenvalue weighted by atomic mass is 16.2. The summed E-state index contributed by atoms with van der Waals surface area (Å²) in [4.78, 5) is 50.4. The number of imide groups is 2. The van der Waals surface area contributed by atoms with Crippen LogP contribution in [0.3, 0.4) is 0 Å². The maximum Gasteiger partial charge on any atom is 0.264 e. The molecule has 2 aromatic rings. The van der Waals surface area contributed by atoms with Crippen molar-refractivity contribution in [3.8, 4) is 0 Å². The number of nitrogens with two attached hydrogens (primary N) is 1. The van der Waals surface area contributed by atoms with Crippen molar-refractivity contribution >= 4 is 29.3 Å². The number of amides is 4. The van der Waals surface area contributed by atoms with Crippen LogP contribution in [-0.4, -0.2) is 34.6 Å². The van der Waals surface area contributed by atoms with Crippen LogP contribution in [0.2, 0.25) is 0 Å². The highest BCUT2D eigenvalue weighted by Gasteiger charge is 2.45. The molecule has 148 valence electrons. The molecule has 2 aliphatic heterocycles. The minimum absolute atomic E-state index is 0.0897. The molecule has 0 radical (unpaired) electrons. The number of nitrogens with one attached hydrogen (secondary N) is 2. The van der Waals surface area contributed by atoms with E-state index < -0.39 is 29.7 Å². The molecule has 2 aromatic carbocycles. The van der Waals surface area contributed by atoms with Gasteiger partial charge in [-0.05, 0) is 29.7 Å². The number of fused-ring (bicyclic) bond motifs is 1. The van der Waals surface area contributed by atoms with Gasteiger partial charge >= 0.3 is 0 Å². The third kappa shape index (κ3) is 3.38. The Morgan fingerprint density at radius 3 is 2.55 bits per heavy atom. The van der Waals surface area contributed by atoms with Crippen LogP contribution < -0.4 is 16.4 Å². The van der Waals surface area contributed by atoms with Crippen LogP contribution in [0.1, 0.15) is 44.7 Å². The van der Waals surface area contributed by atoms with Crippen LogP contribution in [0.5, 0.6) is 0 Å². The molecule has 2 aliphatic rings. The molecule has 8 nitrogen and oxygen atoms in total. The lowest BCUT2D eigenvalue weighted by Gasteiger charge is -2.27. The Morgan fingerprint density at radius 2 is 1.79 bits per heavy atom. The molecule has 4 amide bonds. The predicted molar refractivity (Wildman–Crippen MR) is 105 cm³/mol. The number of nitrogens with zero attached hydrogens (tertiary/aromatic N) is 1. The molecule has 0 aromatic heterocycles. The zero-order chi connectivity index (χ0) is 20.5. The van der Waals surface area contributed by atoms with Gasteiger partial charge in [0.25, 0.3) is 11.8 Å². The van der Waals surface area contributed by atoms with E-state index in [4.69, 9.17) is 5.73 Å². The number of piperidine rings is 1. The monoisotopic (exact) mass is 392 g/mol. The molecule has 1 atom stereocenters. The Kier molecular flexibility index (Phi) is 4.85. The fraction of sp³-hybridized carbons (Fsp3) is 0.238. The first-order chi connectivity index (χ1) is 14.0. The van der Waals surface area contributed by atoms with Gasteiger partial charge in [0.2, 0.25) is 11.8 Å². The molecule has 2 heterocycles. The van der Waals surface area contributed by atoms with E-state index >= 15 is 0 Å². The lowest BCUT2D eigenvalue weighted by molar-refractivity contribution is -0.136. The smallest absolute Gasteiger partial charge is 0.264 e.